The van der Waals surface area contributed by atoms with Gasteiger partial charge in [0.25, 0.3) is 0 Å². The third kappa shape index (κ3) is 3.58. The monoisotopic (exact) mass is 291 g/mol. The second-order valence-electron chi connectivity index (χ2n) is 4.21. The van der Waals surface area contributed by atoms with E-state index in [0.717, 1.165) is 41.0 Å². The third-order valence-electron chi connectivity index (χ3n) is 2.81. The molecule has 0 aliphatic rings. The Balaban J connectivity index is 2.28. The van der Waals surface area contributed by atoms with Crippen LogP contribution in [0.1, 0.15) is 12.0 Å². The van der Waals surface area contributed by atoms with Gasteiger partial charge in [-0.1, -0.05) is 30.4 Å². The highest BCUT2D eigenvalue weighted by molar-refractivity contribution is 7.98. The van der Waals surface area contributed by atoms with Gasteiger partial charge in [0.15, 0.2) is 0 Å². The SMILES string of the molecule is CSCCCNc1nc2ccccc2cc1C(N)=S. The second kappa shape index (κ2) is 6.73. The van der Waals surface area contributed by atoms with Crippen molar-refractivity contribution in [2.24, 2.45) is 5.73 Å². The Morgan fingerprint density at radius 3 is 2.95 bits per heavy atom. The molecule has 2 rings (SSSR count). The number of pyridine rings is 1. The number of hydrogen-bond donors (Lipinski definition) is 2. The van der Waals surface area contributed by atoms with E-state index in [1.165, 1.54) is 0 Å². The lowest BCUT2D eigenvalue weighted by Crippen LogP contribution is -2.15. The van der Waals surface area contributed by atoms with Gasteiger partial charge in [0.2, 0.25) is 0 Å². The first kappa shape index (κ1) is 14.1. The molecule has 1 heterocycles. The van der Waals surface area contributed by atoms with Gasteiger partial charge in [0.05, 0.1) is 11.1 Å². The zero-order chi connectivity index (χ0) is 13.7. The Labute approximate surface area is 123 Å². The van der Waals surface area contributed by atoms with Crippen molar-refractivity contribution in [3.63, 3.8) is 0 Å². The summed E-state index contributed by atoms with van der Waals surface area (Å²) >= 11 is 6.95. The van der Waals surface area contributed by atoms with E-state index in [1.807, 2.05) is 42.1 Å². The van der Waals surface area contributed by atoms with E-state index in [0.29, 0.717) is 4.99 Å². The summed E-state index contributed by atoms with van der Waals surface area (Å²) in [5, 5.41) is 4.39. The molecule has 0 aliphatic heterocycles. The molecule has 0 spiro atoms. The van der Waals surface area contributed by atoms with E-state index in [9.17, 15) is 0 Å². The van der Waals surface area contributed by atoms with Gasteiger partial charge < -0.3 is 11.1 Å². The molecule has 19 heavy (non-hydrogen) atoms. The number of hydrogen-bond acceptors (Lipinski definition) is 4. The molecule has 0 saturated heterocycles. The maximum absolute atomic E-state index is 5.78. The van der Waals surface area contributed by atoms with E-state index in [1.54, 1.807) is 0 Å². The van der Waals surface area contributed by atoms with Crippen LogP contribution in [-0.4, -0.2) is 28.5 Å². The molecule has 3 nitrogen and oxygen atoms in total. The molecule has 5 heteroatoms. The van der Waals surface area contributed by atoms with E-state index >= 15 is 0 Å². The van der Waals surface area contributed by atoms with Gasteiger partial charge >= 0.3 is 0 Å². The first-order chi connectivity index (χ1) is 9.22. The quantitative estimate of drug-likeness (QED) is 0.633. The number of benzene rings is 1. The number of nitrogens with one attached hydrogen (secondary N) is 1. The minimum atomic E-state index is 0.380. The number of nitrogens with zero attached hydrogens (tertiary/aromatic N) is 1. The predicted octanol–water partition coefficient (Wildman–Crippen LogP) is 3.03. The number of aromatic nitrogens is 1. The standard InChI is InChI=1S/C14H17N3S2/c1-19-8-4-7-16-14-11(13(15)18)9-10-5-2-3-6-12(10)17-14/h2-3,5-6,9H,4,7-8H2,1H3,(H2,15,18)(H,16,17). The average Bonchev–Trinajstić information content (AvgIpc) is 2.42. The molecule has 3 N–H and O–H groups in total. The lowest BCUT2D eigenvalue weighted by Gasteiger charge is -2.11. The minimum Gasteiger partial charge on any atom is -0.389 e. The summed E-state index contributed by atoms with van der Waals surface area (Å²) in [5.74, 6) is 1.91. The highest BCUT2D eigenvalue weighted by Gasteiger charge is 2.08. The van der Waals surface area contributed by atoms with Crippen LogP contribution in [0.2, 0.25) is 0 Å². The molecule has 0 radical (unpaired) electrons. The van der Waals surface area contributed by atoms with Crippen molar-refractivity contribution in [1.29, 1.82) is 0 Å². The molecule has 1 aromatic carbocycles. The summed E-state index contributed by atoms with van der Waals surface area (Å²) in [6, 6.07) is 9.97. The van der Waals surface area contributed by atoms with Crippen molar-refractivity contribution >= 4 is 45.7 Å². The number of nitrogens with two attached hydrogens (primary N) is 1. The molecule has 0 amide bonds. The normalized spacial score (nSPS) is 10.6. The van der Waals surface area contributed by atoms with Crippen LogP contribution in [-0.2, 0) is 0 Å². The van der Waals surface area contributed by atoms with Gasteiger partial charge in [-0.05, 0) is 30.6 Å². The van der Waals surface area contributed by atoms with Crippen LogP contribution in [0.3, 0.4) is 0 Å². The lowest BCUT2D eigenvalue weighted by atomic mass is 10.1. The van der Waals surface area contributed by atoms with Crippen LogP contribution in [0.15, 0.2) is 30.3 Å². The average molecular weight is 291 g/mol. The lowest BCUT2D eigenvalue weighted by molar-refractivity contribution is 0.984. The zero-order valence-corrected chi connectivity index (χ0v) is 12.5. The number of para-hydroxylation sites is 1. The molecule has 2 aromatic rings. The summed E-state index contributed by atoms with van der Waals surface area (Å²) in [6.07, 6.45) is 3.20. The molecule has 0 aliphatic carbocycles. The Morgan fingerprint density at radius 2 is 2.21 bits per heavy atom. The van der Waals surface area contributed by atoms with Gasteiger partial charge in [-0.15, -0.1) is 0 Å². The minimum absolute atomic E-state index is 0.380. The summed E-state index contributed by atoms with van der Waals surface area (Å²) < 4.78 is 0. The van der Waals surface area contributed by atoms with Crippen molar-refractivity contribution in [2.75, 3.05) is 23.9 Å². The van der Waals surface area contributed by atoms with E-state index in [4.69, 9.17) is 18.0 Å². The molecule has 100 valence electrons. The van der Waals surface area contributed by atoms with Crippen LogP contribution in [0, 0.1) is 0 Å². The van der Waals surface area contributed by atoms with Gasteiger partial charge in [-0.3, -0.25) is 0 Å². The van der Waals surface area contributed by atoms with Crippen LogP contribution in [0.25, 0.3) is 10.9 Å². The summed E-state index contributed by atoms with van der Waals surface area (Å²) in [4.78, 5) is 4.99. The van der Waals surface area contributed by atoms with Gasteiger partial charge in [0.1, 0.15) is 10.8 Å². The van der Waals surface area contributed by atoms with Crippen molar-refractivity contribution in [1.82, 2.24) is 4.98 Å². The Morgan fingerprint density at radius 1 is 1.42 bits per heavy atom. The molecule has 0 bridgehead atoms. The van der Waals surface area contributed by atoms with E-state index in [2.05, 4.69) is 16.6 Å². The zero-order valence-electron chi connectivity index (χ0n) is 10.8. The van der Waals surface area contributed by atoms with Gasteiger partial charge in [-0.25, -0.2) is 4.98 Å². The number of rotatable bonds is 6. The van der Waals surface area contributed by atoms with Crippen molar-refractivity contribution < 1.29 is 0 Å². The molecule has 0 atom stereocenters. The summed E-state index contributed by atoms with van der Waals surface area (Å²) in [5.41, 5.74) is 7.55. The molecule has 1 aromatic heterocycles. The fraction of sp³-hybridized carbons (Fsp3) is 0.286. The summed E-state index contributed by atoms with van der Waals surface area (Å²) in [6.45, 7) is 0.877. The maximum atomic E-state index is 5.78. The maximum Gasteiger partial charge on any atom is 0.136 e. The molecule has 0 fully saturated rings. The van der Waals surface area contributed by atoms with Crippen LogP contribution >= 0.6 is 24.0 Å². The fourth-order valence-corrected chi connectivity index (χ4v) is 2.45. The Bertz CT molecular complexity index is 584. The molecule has 0 unspecified atom stereocenters. The summed E-state index contributed by atoms with van der Waals surface area (Å²) in [7, 11) is 0. The van der Waals surface area contributed by atoms with Gasteiger partial charge in [0, 0.05) is 11.9 Å². The number of thiocarbonyl (C=S) groups is 1. The number of fused-ring (bicyclic) bond motifs is 1. The van der Waals surface area contributed by atoms with Crippen LogP contribution in [0.4, 0.5) is 5.82 Å². The van der Waals surface area contributed by atoms with Crippen molar-refractivity contribution in [3.8, 4) is 0 Å². The largest absolute Gasteiger partial charge is 0.389 e. The van der Waals surface area contributed by atoms with Crippen LogP contribution < -0.4 is 11.1 Å². The fourth-order valence-electron chi connectivity index (χ4n) is 1.86. The number of thioether (sulfide) groups is 1. The van der Waals surface area contributed by atoms with Crippen LogP contribution in [0.5, 0.6) is 0 Å². The Kier molecular flexibility index (Phi) is 4.99. The molecule has 0 saturated carbocycles. The molecular formula is C14H17N3S2. The second-order valence-corrected chi connectivity index (χ2v) is 5.64. The third-order valence-corrected chi connectivity index (χ3v) is 3.72. The van der Waals surface area contributed by atoms with Gasteiger partial charge in [-0.2, -0.15) is 11.8 Å². The Hall–Kier alpha value is -1.33. The first-order valence-electron chi connectivity index (χ1n) is 6.15. The number of anilines is 1. The highest BCUT2D eigenvalue weighted by Crippen LogP contribution is 2.20. The van der Waals surface area contributed by atoms with E-state index in [-0.39, 0.29) is 0 Å². The first-order valence-corrected chi connectivity index (χ1v) is 7.95. The van der Waals surface area contributed by atoms with E-state index < -0.39 is 0 Å². The topological polar surface area (TPSA) is 50.9 Å². The smallest absolute Gasteiger partial charge is 0.136 e. The van der Waals surface area contributed by atoms with Crippen molar-refractivity contribution in [3.05, 3.63) is 35.9 Å². The highest BCUT2D eigenvalue weighted by atomic mass is 32.2. The molecular weight excluding hydrogens is 274 g/mol. The predicted molar refractivity (Wildman–Crippen MR) is 89.1 cm³/mol. The van der Waals surface area contributed by atoms with Crippen molar-refractivity contribution in [2.45, 2.75) is 6.42 Å².